The second kappa shape index (κ2) is 6.92. The molecule has 0 atom stereocenters. The van der Waals surface area contributed by atoms with Gasteiger partial charge in [0.2, 0.25) is 0 Å². The summed E-state index contributed by atoms with van der Waals surface area (Å²) in [5.74, 6) is 6.39. The smallest absolute Gasteiger partial charge is 0.263 e. The maximum absolute atomic E-state index is 12.6. The van der Waals surface area contributed by atoms with E-state index in [-0.39, 0.29) is 12.5 Å². The van der Waals surface area contributed by atoms with Crippen molar-refractivity contribution in [2.75, 3.05) is 19.7 Å². The minimum atomic E-state index is -0.149. The highest BCUT2D eigenvalue weighted by molar-refractivity contribution is 7.14. The highest BCUT2D eigenvalue weighted by Crippen LogP contribution is 2.31. The summed E-state index contributed by atoms with van der Waals surface area (Å²) in [6.07, 6.45) is 3.49. The number of aliphatic hydroxyl groups excluding tert-OH is 1. The van der Waals surface area contributed by atoms with Gasteiger partial charge in [-0.3, -0.25) is 4.79 Å². The monoisotopic (exact) mass is 291 g/mol. The number of rotatable bonds is 5. The number of hydrogen-bond donors (Lipinski definition) is 1. The van der Waals surface area contributed by atoms with Crippen LogP contribution in [0.3, 0.4) is 0 Å². The van der Waals surface area contributed by atoms with Gasteiger partial charge in [-0.25, -0.2) is 0 Å². The summed E-state index contributed by atoms with van der Waals surface area (Å²) in [5, 5.41) is 8.75. The van der Waals surface area contributed by atoms with Crippen molar-refractivity contribution in [3.05, 3.63) is 21.4 Å². The molecule has 0 aromatic carbocycles. The molecule has 1 aliphatic carbocycles. The lowest BCUT2D eigenvalue weighted by Crippen LogP contribution is -2.33. The molecular formula is C16H21NO2S. The molecule has 1 aliphatic rings. The molecule has 0 saturated heterocycles. The van der Waals surface area contributed by atoms with Gasteiger partial charge in [0.15, 0.2) is 0 Å². The third kappa shape index (κ3) is 3.84. The zero-order chi connectivity index (χ0) is 14.5. The first kappa shape index (κ1) is 15.1. The Kier molecular flexibility index (Phi) is 5.22. The summed E-state index contributed by atoms with van der Waals surface area (Å²) in [4.78, 5) is 16.2. The SMILES string of the molecule is CCCN(CC1CC1)C(=O)c1cc(C)c(C#CCO)s1. The molecule has 1 saturated carbocycles. The van der Waals surface area contributed by atoms with Crippen LogP contribution in [0.15, 0.2) is 6.07 Å². The number of amides is 1. The number of hydrogen-bond acceptors (Lipinski definition) is 3. The third-order valence-corrected chi connectivity index (χ3v) is 4.51. The molecule has 2 rings (SSSR count). The summed E-state index contributed by atoms with van der Waals surface area (Å²) in [5.41, 5.74) is 1.02. The van der Waals surface area contributed by atoms with Crippen LogP contribution in [0.1, 0.15) is 46.3 Å². The zero-order valence-electron chi connectivity index (χ0n) is 12.1. The molecule has 108 valence electrons. The molecule has 1 aromatic heterocycles. The van der Waals surface area contributed by atoms with E-state index in [2.05, 4.69) is 18.8 Å². The first-order chi connectivity index (χ1) is 9.65. The van der Waals surface area contributed by atoms with E-state index in [4.69, 9.17) is 5.11 Å². The van der Waals surface area contributed by atoms with Crippen LogP contribution in [-0.2, 0) is 0 Å². The zero-order valence-corrected chi connectivity index (χ0v) is 12.9. The van der Waals surface area contributed by atoms with Crippen LogP contribution in [-0.4, -0.2) is 35.6 Å². The standard InChI is InChI=1S/C16H21NO2S/c1-3-8-17(11-13-6-7-13)16(19)15-10-12(2)14(20-15)5-4-9-18/h10,13,18H,3,6-9,11H2,1-2H3. The van der Waals surface area contributed by atoms with E-state index in [1.165, 1.54) is 24.2 Å². The molecule has 0 bridgehead atoms. The molecule has 0 aliphatic heterocycles. The Labute approximate surface area is 124 Å². The van der Waals surface area contributed by atoms with E-state index in [9.17, 15) is 4.79 Å². The first-order valence-corrected chi connectivity index (χ1v) is 7.96. The van der Waals surface area contributed by atoms with Gasteiger partial charge in [0.1, 0.15) is 6.61 Å². The normalized spacial score (nSPS) is 13.8. The largest absolute Gasteiger partial charge is 0.384 e. The van der Waals surface area contributed by atoms with Gasteiger partial charge in [-0.15, -0.1) is 11.3 Å². The quantitative estimate of drug-likeness (QED) is 0.847. The number of thiophene rings is 1. The van der Waals surface area contributed by atoms with Crippen LogP contribution in [0.25, 0.3) is 0 Å². The van der Waals surface area contributed by atoms with Crippen molar-refractivity contribution in [1.29, 1.82) is 0 Å². The van der Waals surface area contributed by atoms with Crippen LogP contribution in [0, 0.1) is 24.7 Å². The highest BCUT2D eigenvalue weighted by atomic mass is 32.1. The highest BCUT2D eigenvalue weighted by Gasteiger charge is 2.27. The average molecular weight is 291 g/mol. The van der Waals surface area contributed by atoms with Gasteiger partial charge < -0.3 is 10.0 Å². The summed E-state index contributed by atoms with van der Waals surface area (Å²) in [6.45, 7) is 5.63. The Balaban J connectivity index is 2.13. The molecule has 1 fully saturated rings. The predicted molar refractivity (Wildman–Crippen MR) is 81.9 cm³/mol. The molecule has 1 heterocycles. The minimum absolute atomic E-state index is 0.129. The minimum Gasteiger partial charge on any atom is -0.384 e. The molecule has 0 unspecified atom stereocenters. The lowest BCUT2D eigenvalue weighted by molar-refractivity contribution is 0.0752. The van der Waals surface area contributed by atoms with Crippen molar-refractivity contribution in [1.82, 2.24) is 4.90 Å². The number of nitrogens with zero attached hydrogens (tertiary/aromatic N) is 1. The lowest BCUT2D eigenvalue weighted by atomic mass is 10.2. The van der Waals surface area contributed by atoms with Crippen molar-refractivity contribution in [2.45, 2.75) is 33.1 Å². The molecular weight excluding hydrogens is 270 g/mol. The van der Waals surface area contributed by atoms with E-state index >= 15 is 0 Å². The summed E-state index contributed by atoms with van der Waals surface area (Å²) < 4.78 is 0. The van der Waals surface area contributed by atoms with E-state index < -0.39 is 0 Å². The van der Waals surface area contributed by atoms with E-state index in [1.54, 1.807) is 0 Å². The molecule has 1 amide bonds. The van der Waals surface area contributed by atoms with Gasteiger partial charge >= 0.3 is 0 Å². The topological polar surface area (TPSA) is 40.5 Å². The Morgan fingerprint density at radius 2 is 2.30 bits per heavy atom. The second-order valence-corrected chi connectivity index (χ2v) is 6.33. The number of aliphatic hydroxyl groups is 1. The molecule has 1 N–H and O–H groups in total. The fourth-order valence-corrected chi connectivity index (χ4v) is 3.16. The fourth-order valence-electron chi connectivity index (χ4n) is 2.14. The molecule has 3 nitrogen and oxygen atoms in total. The van der Waals surface area contributed by atoms with E-state index in [1.807, 2.05) is 17.9 Å². The summed E-state index contributed by atoms with van der Waals surface area (Å²) >= 11 is 1.43. The van der Waals surface area contributed by atoms with Crippen LogP contribution in [0.5, 0.6) is 0 Å². The number of aryl methyl sites for hydroxylation is 1. The Morgan fingerprint density at radius 1 is 1.55 bits per heavy atom. The van der Waals surface area contributed by atoms with Gasteiger partial charge in [0.25, 0.3) is 5.91 Å². The maximum atomic E-state index is 12.6. The van der Waals surface area contributed by atoms with Gasteiger partial charge in [-0.1, -0.05) is 18.8 Å². The van der Waals surface area contributed by atoms with Crippen molar-refractivity contribution in [3.63, 3.8) is 0 Å². The van der Waals surface area contributed by atoms with E-state index in [0.29, 0.717) is 5.92 Å². The Morgan fingerprint density at radius 3 is 2.90 bits per heavy atom. The average Bonchev–Trinajstić information content (AvgIpc) is 3.17. The molecule has 1 aromatic rings. The third-order valence-electron chi connectivity index (χ3n) is 3.37. The van der Waals surface area contributed by atoms with Crippen LogP contribution >= 0.6 is 11.3 Å². The fraction of sp³-hybridized carbons (Fsp3) is 0.562. The van der Waals surface area contributed by atoms with E-state index in [0.717, 1.165) is 34.8 Å². The van der Waals surface area contributed by atoms with Crippen molar-refractivity contribution < 1.29 is 9.90 Å². The molecule has 20 heavy (non-hydrogen) atoms. The van der Waals surface area contributed by atoms with Crippen LogP contribution in [0.4, 0.5) is 0 Å². The van der Waals surface area contributed by atoms with Crippen molar-refractivity contribution >= 4 is 17.2 Å². The molecule has 4 heteroatoms. The molecule has 0 spiro atoms. The van der Waals surface area contributed by atoms with Gasteiger partial charge in [-0.05, 0) is 43.7 Å². The van der Waals surface area contributed by atoms with Crippen LogP contribution in [0.2, 0.25) is 0 Å². The number of carbonyl (C=O) groups excluding carboxylic acids is 1. The second-order valence-electron chi connectivity index (χ2n) is 5.28. The Hall–Kier alpha value is -1.31. The molecule has 0 radical (unpaired) electrons. The first-order valence-electron chi connectivity index (χ1n) is 7.15. The van der Waals surface area contributed by atoms with Gasteiger partial charge in [0, 0.05) is 13.1 Å². The lowest BCUT2D eigenvalue weighted by Gasteiger charge is -2.21. The van der Waals surface area contributed by atoms with Gasteiger partial charge in [0.05, 0.1) is 9.75 Å². The van der Waals surface area contributed by atoms with Crippen molar-refractivity contribution in [3.8, 4) is 11.8 Å². The predicted octanol–water partition coefficient (Wildman–Crippen LogP) is 2.66. The summed E-state index contributed by atoms with van der Waals surface area (Å²) in [6, 6.07) is 1.92. The maximum Gasteiger partial charge on any atom is 0.263 e. The number of carbonyl (C=O) groups is 1. The van der Waals surface area contributed by atoms with Crippen LogP contribution < -0.4 is 0 Å². The van der Waals surface area contributed by atoms with Crippen molar-refractivity contribution in [2.24, 2.45) is 5.92 Å². The summed E-state index contributed by atoms with van der Waals surface area (Å²) in [7, 11) is 0. The van der Waals surface area contributed by atoms with Gasteiger partial charge in [-0.2, -0.15) is 0 Å². The Bertz CT molecular complexity index is 534.